The lowest BCUT2D eigenvalue weighted by Crippen LogP contribution is -2.37. The summed E-state index contributed by atoms with van der Waals surface area (Å²) >= 11 is 6.90. The topological polar surface area (TPSA) is 44.7 Å². The number of methoxy groups -OCH3 is 1. The highest BCUT2D eigenvalue weighted by atomic mass is 79.9. The van der Waals surface area contributed by atoms with Crippen molar-refractivity contribution in [1.82, 2.24) is 9.62 Å². The van der Waals surface area contributed by atoms with Crippen molar-refractivity contribution in [2.75, 3.05) is 33.4 Å². The Hall–Kier alpha value is -0.180. The van der Waals surface area contributed by atoms with Gasteiger partial charge in [-0.25, -0.2) is 4.31 Å². The maximum Gasteiger partial charge on any atom is 0.114 e. The summed E-state index contributed by atoms with van der Waals surface area (Å²) in [6.45, 7) is 8.88. The highest BCUT2D eigenvalue weighted by Gasteiger charge is 2.15. The third-order valence-corrected chi connectivity index (χ3v) is 6.37. The van der Waals surface area contributed by atoms with E-state index in [1.54, 1.807) is 30.8 Å². The average molecular weight is 435 g/mol. The number of halogens is 1. The molecular weight excluding hydrogens is 408 g/mol. The Morgan fingerprint density at radius 2 is 2.04 bits per heavy atom. The van der Waals surface area contributed by atoms with Crippen LogP contribution >= 0.6 is 39.6 Å². The number of hydrogen-bond acceptors (Lipinski definition) is 6. The molecular formula is C17H27BrN2O2S2. The number of aliphatic hydroxyl groups is 1. The first-order valence-corrected chi connectivity index (χ1v) is 10.3. The smallest absolute Gasteiger partial charge is 0.114 e. The standard InChI is InChI=1S/C17H27BrN2O2S2/c1-5-20(12-13(2)19-10-11-21)24-17(14(3)22-4)23-16-8-6-15(18)7-9-16/h6-9,13,19,21H,5,10-12H2,1-4H3/b17-14-. The maximum atomic E-state index is 8.93. The van der Waals surface area contributed by atoms with E-state index in [1.807, 2.05) is 19.1 Å². The Morgan fingerprint density at radius 1 is 1.38 bits per heavy atom. The van der Waals surface area contributed by atoms with E-state index in [0.717, 1.165) is 27.6 Å². The van der Waals surface area contributed by atoms with Crippen molar-refractivity contribution >= 4 is 39.6 Å². The Bertz CT molecular complexity index is 512. The van der Waals surface area contributed by atoms with Crippen LogP contribution in [0.3, 0.4) is 0 Å². The molecule has 24 heavy (non-hydrogen) atoms. The molecule has 1 aromatic carbocycles. The van der Waals surface area contributed by atoms with Gasteiger partial charge in [-0.05, 0) is 50.1 Å². The number of hydrogen-bond donors (Lipinski definition) is 2. The third kappa shape index (κ3) is 8.27. The van der Waals surface area contributed by atoms with E-state index in [2.05, 4.69) is 51.5 Å². The maximum absolute atomic E-state index is 8.93. The van der Waals surface area contributed by atoms with Gasteiger partial charge in [0.2, 0.25) is 0 Å². The van der Waals surface area contributed by atoms with Crippen molar-refractivity contribution in [3.05, 3.63) is 38.7 Å². The predicted octanol–water partition coefficient (Wildman–Crippen LogP) is 4.32. The minimum Gasteiger partial charge on any atom is -0.500 e. The number of allylic oxidation sites excluding steroid dienone is 1. The molecule has 0 saturated heterocycles. The molecule has 0 radical (unpaired) electrons. The Kier molecular flexibility index (Phi) is 11.1. The van der Waals surface area contributed by atoms with Gasteiger partial charge in [-0.2, -0.15) is 0 Å². The molecule has 0 aliphatic heterocycles. The summed E-state index contributed by atoms with van der Waals surface area (Å²) in [5.41, 5.74) is 0. The van der Waals surface area contributed by atoms with Gasteiger partial charge < -0.3 is 15.2 Å². The summed E-state index contributed by atoms with van der Waals surface area (Å²) in [7, 11) is 1.71. The van der Waals surface area contributed by atoms with Gasteiger partial charge in [-0.1, -0.05) is 34.6 Å². The van der Waals surface area contributed by atoms with Gasteiger partial charge in [0.15, 0.2) is 0 Å². The van der Waals surface area contributed by atoms with Gasteiger partial charge in [0, 0.05) is 35.0 Å². The number of aliphatic hydroxyl groups excluding tert-OH is 1. The molecule has 0 aromatic heterocycles. The predicted molar refractivity (Wildman–Crippen MR) is 109 cm³/mol. The first-order chi connectivity index (χ1) is 11.5. The molecule has 0 aliphatic carbocycles. The number of nitrogens with one attached hydrogen (secondary N) is 1. The molecule has 1 rings (SSSR count). The molecule has 1 atom stereocenters. The lowest BCUT2D eigenvalue weighted by molar-refractivity contribution is 0.280. The Morgan fingerprint density at radius 3 is 2.58 bits per heavy atom. The van der Waals surface area contributed by atoms with E-state index in [-0.39, 0.29) is 6.61 Å². The molecule has 0 fully saturated rings. The van der Waals surface area contributed by atoms with E-state index >= 15 is 0 Å². The van der Waals surface area contributed by atoms with Crippen molar-refractivity contribution in [2.24, 2.45) is 0 Å². The van der Waals surface area contributed by atoms with Crippen LogP contribution in [0.15, 0.2) is 43.6 Å². The molecule has 0 aliphatic rings. The van der Waals surface area contributed by atoms with Crippen molar-refractivity contribution < 1.29 is 9.84 Å². The van der Waals surface area contributed by atoms with Crippen molar-refractivity contribution in [1.29, 1.82) is 0 Å². The second-order valence-electron chi connectivity index (χ2n) is 5.25. The van der Waals surface area contributed by atoms with Gasteiger partial charge >= 0.3 is 0 Å². The fourth-order valence-electron chi connectivity index (χ4n) is 1.88. The van der Waals surface area contributed by atoms with Gasteiger partial charge in [0.25, 0.3) is 0 Å². The number of ether oxygens (including phenoxy) is 1. The Labute approximate surface area is 162 Å². The zero-order valence-corrected chi connectivity index (χ0v) is 17.9. The number of thioether (sulfide) groups is 1. The Balaban J connectivity index is 2.75. The highest BCUT2D eigenvalue weighted by molar-refractivity contribution is 9.10. The van der Waals surface area contributed by atoms with Crippen LogP contribution in [0.4, 0.5) is 0 Å². The van der Waals surface area contributed by atoms with Crippen molar-refractivity contribution in [2.45, 2.75) is 31.7 Å². The van der Waals surface area contributed by atoms with Gasteiger partial charge in [0.1, 0.15) is 5.76 Å². The van der Waals surface area contributed by atoms with Gasteiger partial charge in [-0.15, -0.1) is 0 Å². The zero-order valence-electron chi connectivity index (χ0n) is 14.7. The largest absolute Gasteiger partial charge is 0.500 e. The summed E-state index contributed by atoms with van der Waals surface area (Å²) in [5, 5.41) is 12.2. The van der Waals surface area contributed by atoms with Crippen LogP contribution in [0.25, 0.3) is 0 Å². The molecule has 0 heterocycles. The lowest BCUT2D eigenvalue weighted by Gasteiger charge is -2.25. The number of likely N-dealkylation sites (N-methyl/N-ethyl adjacent to an activating group) is 1. The van der Waals surface area contributed by atoms with Crippen LogP contribution in [0.2, 0.25) is 0 Å². The van der Waals surface area contributed by atoms with E-state index in [1.165, 1.54) is 4.90 Å². The molecule has 136 valence electrons. The minimum absolute atomic E-state index is 0.164. The average Bonchev–Trinajstić information content (AvgIpc) is 2.59. The SMILES string of the molecule is CCN(CC(C)NCCO)S/C(Sc1ccc(Br)cc1)=C(/C)OC. The molecule has 1 unspecified atom stereocenters. The number of benzene rings is 1. The third-order valence-electron chi connectivity index (χ3n) is 3.26. The highest BCUT2D eigenvalue weighted by Crippen LogP contribution is 2.39. The first kappa shape index (κ1) is 21.9. The summed E-state index contributed by atoms with van der Waals surface area (Å²) < 4.78 is 9.99. The summed E-state index contributed by atoms with van der Waals surface area (Å²) in [6, 6.07) is 8.60. The fraction of sp³-hybridized carbons (Fsp3) is 0.529. The summed E-state index contributed by atoms with van der Waals surface area (Å²) in [4.78, 5) is 1.18. The van der Waals surface area contributed by atoms with Crippen LogP contribution in [0, 0.1) is 0 Å². The lowest BCUT2D eigenvalue weighted by atomic mass is 10.3. The normalized spacial score (nSPS) is 13.8. The molecule has 1 aromatic rings. The van der Waals surface area contributed by atoms with Gasteiger partial charge in [0.05, 0.1) is 18.0 Å². The quantitative estimate of drug-likeness (QED) is 0.307. The van der Waals surface area contributed by atoms with E-state index in [4.69, 9.17) is 9.84 Å². The fourth-order valence-corrected chi connectivity index (χ4v) is 4.48. The molecule has 0 bridgehead atoms. The molecule has 2 N–H and O–H groups in total. The van der Waals surface area contributed by atoms with E-state index in [0.29, 0.717) is 12.6 Å². The number of rotatable bonds is 11. The summed E-state index contributed by atoms with van der Waals surface area (Å²) in [5.74, 6) is 0.919. The van der Waals surface area contributed by atoms with Gasteiger partial charge in [-0.3, -0.25) is 0 Å². The molecule has 0 amide bonds. The molecule has 4 nitrogen and oxygen atoms in total. The van der Waals surface area contributed by atoms with Crippen LogP contribution in [0.5, 0.6) is 0 Å². The summed E-state index contributed by atoms with van der Waals surface area (Å²) in [6.07, 6.45) is 0. The second kappa shape index (κ2) is 12.2. The zero-order chi connectivity index (χ0) is 17.9. The van der Waals surface area contributed by atoms with Crippen LogP contribution in [0.1, 0.15) is 20.8 Å². The van der Waals surface area contributed by atoms with Crippen LogP contribution in [-0.4, -0.2) is 48.8 Å². The molecule has 0 spiro atoms. The number of nitrogens with zero attached hydrogens (tertiary/aromatic N) is 1. The van der Waals surface area contributed by atoms with Crippen molar-refractivity contribution in [3.8, 4) is 0 Å². The molecule has 7 heteroatoms. The van der Waals surface area contributed by atoms with Crippen LogP contribution in [-0.2, 0) is 4.74 Å². The van der Waals surface area contributed by atoms with E-state index in [9.17, 15) is 0 Å². The van der Waals surface area contributed by atoms with E-state index < -0.39 is 0 Å². The molecule has 0 saturated carbocycles. The monoisotopic (exact) mass is 434 g/mol. The minimum atomic E-state index is 0.164. The van der Waals surface area contributed by atoms with Crippen molar-refractivity contribution in [3.63, 3.8) is 0 Å². The first-order valence-electron chi connectivity index (χ1n) is 7.95. The second-order valence-corrected chi connectivity index (χ2v) is 8.62. The van der Waals surface area contributed by atoms with Crippen LogP contribution < -0.4 is 5.32 Å².